The molecule has 0 amide bonds. The summed E-state index contributed by atoms with van der Waals surface area (Å²) >= 11 is 0. The molecule has 1 saturated heterocycles. The zero-order valence-corrected chi connectivity index (χ0v) is 10.6. The first kappa shape index (κ1) is 13.1. The Bertz CT molecular complexity index is 419. The molecule has 18 heavy (non-hydrogen) atoms. The number of aliphatic hydroxyl groups excluding tert-OH is 1. The number of likely N-dealkylation sites (tertiary alicyclic amines) is 1. The lowest BCUT2D eigenvalue weighted by Crippen LogP contribution is -2.41. The number of benzene rings is 1. The summed E-state index contributed by atoms with van der Waals surface area (Å²) in [5.41, 5.74) is 0.611. The molecule has 2 rings (SSSR count). The van der Waals surface area contributed by atoms with E-state index in [1.54, 1.807) is 19.2 Å². The molecule has 1 unspecified atom stereocenters. The van der Waals surface area contributed by atoms with Crippen molar-refractivity contribution in [3.05, 3.63) is 29.8 Å². The molecule has 1 aromatic carbocycles. The molecule has 1 heterocycles. The Kier molecular flexibility index (Phi) is 4.33. The molecule has 1 N–H and O–H groups in total. The zero-order valence-electron chi connectivity index (χ0n) is 10.6. The fourth-order valence-corrected chi connectivity index (χ4v) is 2.34. The normalized spacial score (nSPS) is 20.7. The summed E-state index contributed by atoms with van der Waals surface area (Å²) in [6, 6.07) is 7.25. The van der Waals surface area contributed by atoms with Gasteiger partial charge in [0.05, 0.1) is 25.3 Å². The van der Waals surface area contributed by atoms with Crippen LogP contribution in [-0.2, 0) is 0 Å². The number of carbonyl (C=O) groups excluding carboxylic acids is 1. The van der Waals surface area contributed by atoms with Crippen LogP contribution in [0.25, 0.3) is 0 Å². The standard InChI is InChI=1S/C14H19NO3/c1-18-14-7-3-2-6-12(14)13(17)10-15-8-4-5-11(16)9-15/h2-3,6-7,11,16H,4-5,8-10H2,1H3. The molecule has 0 bridgehead atoms. The van der Waals surface area contributed by atoms with Gasteiger partial charge in [-0.15, -0.1) is 0 Å². The summed E-state index contributed by atoms with van der Waals surface area (Å²) in [5.74, 6) is 0.654. The molecule has 0 spiro atoms. The van der Waals surface area contributed by atoms with E-state index in [0.29, 0.717) is 24.4 Å². The Labute approximate surface area is 107 Å². The topological polar surface area (TPSA) is 49.8 Å². The highest BCUT2D eigenvalue weighted by atomic mass is 16.5. The van der Waals surface area contributed by atoms with E-state index >= 15 is 0 Å². The third-order valence-corrected chi connectivity index (χ3v) is 3.26. The van der Waals surface area contributed by atoms with Gasteiger partial charge in [0.15, 0.2) is 5.78 Å². The van der Waals surface area contributed by atoms with Crippen LogP contribution in [0.15, 0.2) is 24.3 Å². The van der Waals surface area contributed by atoms with E-state index in [9.17, 15) is 9.90 Å². The van der Waals surface area contributed by atoms with Crippen molar-refractivity contribution in [2.24, 2.45) is 0 Å². The molecule has 1 aliphatic heterocycles. The van der Waals surface area contributed by atoms with Crippen molar-refractivity contribution in [3.8, 4) is 5.75 Å². The van der Waals surface area contributed by atoms with Gasteiger partial charge in [0.2, 0.25) is 0 Å². The van der Waals surface area contributed by atoms with Crippen molar-refractivity contribution in [2.75, 3.05) is 26.7 Å². The van der Waals surface area contributed by atoms with E-state index in [-0.39, 0.29) is 11.9 Å². The molecule has 0 aliphatic carbocycles. The first-order chi connectivity index (χ1) is 8.70. The molecule has 98 valence electrons. The number of piperidine rings is 1. The van der Waals surface area contributed by atoms with Crippen molar-refractivity contribution in [2.45, 2.75) is 18.9 Å². The van der Waals surface area contributed by atoms with Crippen molar-refractivity contribution in [3.63, 3.8) is 0 Å². The van der Waals surface area contributed by atoms with Gasteiger partial charge in [-0.25, -0.2) is 0 Å². The van der Waals surface area contributed by atoms with E-state index in [4.69, 9.17) is 4.74 Å². The number of β-amino-alcohol motifs (C(OH)–C–C–N with tert-alkyl or cyclic N) is 1. The average Bonchev–Trinajstić information content (AvgIpc) is 2.38. The van der Waals surface area contributed by atoms with E-state index in [2.05, 4.69) is 0 Å². The first-order valence-corrected chi connectivity index (χ1v) is 6.27. The third kappa shape index (κ3) is 3.09. The maximum atomic E-state index is 12.2. The van der Waals surface area contributed by atoms with Gasteiger partial charge >= 0.3 is 0 Å². The van der Waals surface area contributed by atoms with Gasteiger partial charge in [-0.3, -0.25) is 9.69 Å². The molecule has 4 nitrogen and oxygen atoms in total. The van der Waals surface area contributed by atoms with Crippen LogP contribution in [-0.4, -0.2) is 48.6 Å². The van der Waals surface area contributed by atoms with Crippen LogP contribution in [0, 0.1) is 0 Å². The molecule has 4 heteroatoms. The number of ether oxygens (including phenoxy) is 1. The molecule has 0 saturated carbocycles. The fraction of sp³-hybridized carbons (Fsp3) is 0.500. The molecule has 1 atom stereocenters. The van der Waals surface area contributed by atoms with Crippen molar-refractivity contribution < 1.29 is 14.6 Å². The maximum absolute atomic E-state index is 12.2. The second-order valence-corrected chi connectivity index (χ2v) is 4.65. The van der Waals surface area contributed by atoms with Gasteiger partial charge in [0, 0.05) is 6.54 Å². The Balaban J connectivity index is 2.03. The van der Waals surface area contributed by atoms with Crippen LogP contribution < -0.4 is 4.74 Å². The van der Waals surface area contributed by atoms with Gasteiger partial charge in [0.1, 0.15) is 5.75 Å². The molecule has 1 aliphatic rings. The highest BCUT2D eigenvalue weighted by Gasteiger charge is 2.21. The van der Waals surface area contributed by atoms with E-state index in [0.717, 1.165) is 19.4 Å². The Morgan fingerprint density at radius 3 is 3.00 bits per heavy atom. The number of aliphatic hydroxyl groups is 1. The van der Waals surface area contributed by atoms with Gasteiger partial charge < -0.3 is 9.84 Å². The van der Waals surface area contributed by atoms with Crippen LogP contribution >= 0.6 is 0 Å². The summed E-state index contributed by atoms with van der Waals surface area (Å²) in [6.45, 7) is 1.80. The highest BCUT2D eigenvalue weighted by molar-refractivity contribution is 6.00. The van der Waals surface area contributed by atoms with Gasteiger partial charge in [-0.2, -0.15) is 0 Å². The molecular weight excluding hydrogens is 230 g/mol. The first-order valence-electron chi connectivity index (χ1n) is 6.27. The lowest BCUT2D eigenvalue weighted by Gasteiger charge is -2.29. The molecule has 0 radical (unpaired) electrons. The second-order valence-electron chi connectivity index (χ2n) is 4.65. The maximum Gasteiger partial charge on any atom is 0.180 e. The minimum Gasteiger partial charge on any atom is -0.496 e. The second kappa shape index (κ2) is 5.98. The zero-order chi connectivity index (χ0) is 13.0. The number of hydrogen-bond donors (Lipinski definition) is 1. The summed E-state index contributed by atoms with van der Waals surface area (Å²) in [7, 11) is 1.57. The van der Waals surface area contributed by atoms with E-state index in [1.165, 1.54) is 0 Å². The highest BCUT2D eigenvalue weighted by Crippen LogP contribution is 2.19. The number of nitrogens with zero attached hydrogens (tertiary/aromatic N) is 1. The van der Waals surface area contributed by atoms with Crippen molar-refractivity contribution in [1.82, 2.24) is 4.90 Å². The van der Waals surface area contributed by atoms with Gasteiger partial charge in [0.25, 0.3) is 0 Å². The minimum absolute atomic E-state index is 0.0431. The quantitative estimate of drug-likeness (QED) is 0.818. The largest absolute Gasteiger partial charge is 0.496 e. The average molecular weight is 249 g/mol. The Hall–Kier alpha value is -1.39. The van der Waals surface area contributed by atoms with Crippen LogP contribution in [0.5, 0.6) is 5.75 Å². The Morgan fingerprint density at radius 1 is 1.50 bits per heavy atom. The van der Waals surface area contributed by atoms with Gasteiger partial charge in [-0.05, 0) is 31.5 Å². The summed E-state index contributed by atoms with van der Waals surface area (Å²) in [4.78, 5) is 14.2. The van der Waals surface area contributed by atoms with Crippen LogP contribution in [0.2, 0.25) is 0 Å². The molecule has 1 aromatic rings. The van der Waals surface area contributed by atoms with Crippen molar-refractivity contribution >= 4 is 5.78 Å². The third-order valence-electron chi connectivity index (χ3n) is 3.26. The number of carbonyl (C=O) groups is 1. The number of hydrogen-bond acceptors (Lipinski definition) is 4. The smallest absolute Gasteiger partial charge is 0.180 e. The van der Waals surface area contributed by atoms with E-state index in [1.807, 2.05) is 17.0 Å². The lowest BCUT2D eigenvalue weighted by molar-refractivity contribution is 0.0633. The SMILES string of the molecule is COc1ccccc1C(=O)CN1CCCC(O)C1. The van der Waals surface area contributed by atoms with Crippen molar-refractivity contribution in [1.29, 1.82) is 0 Å². The monoisotopic (exact) mass is 249 g/mol. The number of Topliss-reactive ketones (excluding diaryl/α,β-unsaturated/α-hetero) is 1. The summed E-state index contributed by atoms with van der Waals surface area (Å²) in [6.07, 6.45) is 1.48. The number of methoxy groups -OCH3 is 1. The molecule has 1 fully saturated rings. The Morgan fingerprint density at radius 2 is 2.28 bits per heavy atom. The van der Waals surface area contributed by atoms with Crippen LogP contribution in [0.3, 0.4) is 0 Å². The molecule has 0 aromatic heterocycles. The predicted molar refractivity (Wildman–Crippen MR) is 69.0 cm³/mol. The number of rotatable bonds is 4. The molecular formula is C14H19NO3. The summed E-state index contributed by atoms with van der Waals surface area (Å²) < 4.78 is 5.19. The predicted octanol–water partition coefficient (Wildman–Crippen LogP) is 1.33. The lowest BCUT2D eigenvalue weighted by atomic mass is 10.1. The van der Waals surface area contributed by atoms with E-state index < -0.39 is 0 Å². The van der Waals surface area contributed by atoms with Crippen LogP contribution in [0.1, 0.15) is 23.2 Å². The fourth-order valence-electron chi connectivity index (χ4n) is 2.34. The number of para-hydroxylation sites is 1. The number of ketones is 1. The minimum atomic E-state index is -0.302. The van der Waals surface area contributed by atoms with Crippen LogP contribution in [0.4, 0.5) is 0 Å². The van der Waals surface area contributed by atoms with Gasteiger partial charge in [-0.1, -0.05) is 12.1 Å². The summed E-state index contributed by atoms with van der Waals surface area (Å²) in [5, 5.41) is 9.59.